The van der Waals surface area contributed by atoms with Crippen LogP contribution in [0.5, 0.6) is 5.75 Å². The first-order valence-corrected chi connectivity index (χ1v) is 11.9. The summed E-state index contributed by atoms with van der Waals surface area (Å²) < 4.78 is 91.1. The van der Waals surface area contributed by atoms with Crippen LogP contribution in [0, 0.1) is 0 Å². The van der Waals surface area contributed by atoms with E-state index in [-0.39, 0.29) is 10.6 Å². The number of alkyl halides is 5. The quantitative estimate of drug-likeness (QED) is 0.307. The molecule has 0 aliphatic heterocycles. The molecule has 0 unspecified atom stereocenters. The van der Waals surface area contributed by atoms with E-state index in [0.29, 0.717) is 33.5 Å². The number of fused-ring (bicyclic) bond motifs is 1. The zero-order chi connectivity index (χ0) is 26.1. The van der Waals surface area contributed by atoms with E-state index in [9.17, 15) is 30.4 Å². The second-order valence-electron chi connectivity index (χ2n) is 7.79. The van der Waals surface area contributed by atoms with Crippen molar-refractivity contribution >= 4 is 33.2 Å². The van der Waals surface area contributed by atoms with Gasteiger partial charge in [0.05, 0.1) is 15.9 Å². The van der Waals surface area contributed by atoms with Crippen LogP contribution in [0.4, 0.5) is 22.0 Å². The van der Waals surface area contributed by atoms with Crippen molar-refractivity contribution in [3.05, 3.63) is 78.1 Å². The number of ether oxygens (including phenoxy) is 1. The zero-order valence-corrected chi connectivity index (χ0v) is 19.1. The Labute approximate surface area is 202 Å². The van der Waals surface area contributed by atoms with Gasteiger partial charge in [-0.1, -0.05) is 42.5 Å². The Balaban J connectivity index is 1.50. The number of rotatable bonds is 7. The third-order valence-electron chi connectivity index (χ3n) is 5.15. The number of halogens is 5. The van der Waals surface area contributed by atoms with Gasteiger partial charge in [0.1, 0.15) is 11.6 Å². The molecule has 0 amide bonds. The van der Waals surface area contributed by atoms with Gasteiger partial charge >= 0.3 is 12.1 Å². The molecule has 0 atom stereocenters. The van der Waals surface area contributed by atoms with E-state index in [4.69, 9.17) is 5.14 Å². The summed E-state index contributed by atoms with van der Waals surface area (Å²) in [5.41, 5.74) is 2.94. The molecular weight excluding hydrogens is 505 g/mol. The first-order valence-electron chi connectivity index (χ1n) is 10.3. The molecule has 1 heterocycles. The lowest BCUT2D eigenvalue weighted by Gasteiger charge is -2.19. The standard InChI is InChI=1S/C24H18F5N3O3S/c25-23(26,24(27,28)29)14-35-17-9-5-15(6-10-17)7-12-22-31-19-11-8-16(13-20(19)32-22)18-3-1-2-4-21(18)36(30,33)34/h1-13H,14H2,(H,31,32)(H2,30,33,34). The van der Waals surface area contributed by atoms with Crippen LogP contribution in [0.1, 0.15) is 11.4 Å². The molecule has 0 saturated carbocycles. The molecule has 4 aromatic rings. The van der Waals surface area contributed by atoms with Crippen molar-refractivity contribution in [1.82, 2.24) is 9.97 Å². The molecule has 12 heteroatoms. The number of nitrogens with two attached hydrogens (primary N) is 1. The number of aromatic nitrogens is 2. The van der Waals surface area contributed by atoms with Crippen molar-refractivity contribution in [2.75, 3.05) is 6.61 Å². The van der Waals surface area contributed by atoms with Crippen LogP contribution in [-0.4, -0.2) is 37.1 Å². The molecule has 188 valence electrons. The minimum atomic E-state index is -5.69. The van der Waals surface area contributed by atoms with E-state index in [1.807, 2.05) is 0 Å². The largest absolute Gasteiger partial charge is 0.487 e. The highest BCUT2D eigenvalue weighted by Gasteiger charge is 2.58. The lowest BCUT2D eigenvalue weighted by molar-refractivity contribution is -0.290. The maximum atomic E-state index is 13.0. The van der Waals surface area contributed by atoms with Crippen molar-refractivity contribution in [3.63, 3.8) is 0 Å². The minimum Gasteiger partial charge on any atom is -0.487 e. The predicted molar refractivity (Wildman–Crippen MR) is 125 cm³/mol. The summed E-state index contributed by atoms with van der Waals surface area (Å²) in [7, 11) is -3.93. The van der Waals surface area contributed by atoms with Crippen LogP contribution in [0.2, 0.25) is 0 Å². The molecule has 3 N–H and O–H groups in total. The molecule has 4 rings (SSSR count). The number of H-pyrrole nitrogens is 1. The van der Waals surface area contributed by atoms with Gasteiger partial charge in [-0.3, -0.25) is 0 Å². The number of sulfonamides is 1. The number of aromatic amines is 1. The Hall–Kier alpha value is -3.77. The molecule has 0 saturated heterocycles. The highest BCUT2D eigenvalue weighted by atomic mass is 32.2. The fourth-order valence-electron chi connectivity index (χ4n) is 3.33. The molecule has 1 aromatic heterocycles. The Morgan fingerprint density at radius 3 is 2.31 bits per heavy atom. The summed E-state index contributed by atoms with van der Waals surface area (Å²) in [6.07, 6.45) is -2.39. The van der Waals surface area contributed by atoms with Crippen molar-refractivity contribution in [1.29, 1.82) is 0 Å². The van der Waals surface area contributed by atoms with Gasteiger partial charge in [-0.2, -0.15) is 22.0 Å². The van der Waals surface area contributed by atoms with E-state index >= 15 is 0 Å². The van der Waals surface area contributed by atoms with Gasteiger partial charge in [0.25, 0.3) is 0 Å². The fourth-order valence-corrected chi connectivity index (χ4v) is 4.09. The monoisotopic (exact) mass is 523 g/mol. The number of hydrogen-bond donors (Lipinski definition) is 2. The molecule has 0 radical (unpaired) electrons. The van der Waals surface area contributed by atoms with Crippen molar-refractivity contribution < 1.29 is 35.1 Å². The summed E-state index contributed by atoms with van der Waals surface area (Å²) >= 11 is 0. The molecular formula is C24H18F5N3O3S. The van der Waals surface area contributed by atoms with E-state index in [1.54, 1.807) is 48.6 Å². The number of hydrogen-bond acceptors (Lipinski definition) is 4. The first-order chi connectivity index (χ1) is 16.8. The minimum absolute atomic E-state index is 0.00504. The fraction of sp³-hybridized carbons (Fsp3) is 0.125. The van der Waals surface area contributed by atoms with E-state index in [2.05, 4.69) is 14.7 Å². The molecule has 6 nitrogen and oxygen atoms in total. The van der Waals surface area contributed by atoms with Crippen LogP contribution >= 0.6 is 0 Å². The van der Waals surface area contributed by atoms with Gasteiger partial charge in [-0.25, -0.2) is 18.5 Å². The number of benzene rings is 3. The molecule has 0 spiro atoms. The summed E-state index contributed by atoms with van der Waals surface area (Å²) in [4.78, 5) is 7.56. The first kappa shape index (κ1) is 25.3. The van der Waals surface area contributed by atoms with E-state index in [0.717, 1.165) is 0 Å². The van der Waals surface area contributed by atoms with Crippen LogP contribution in [0.15, 0.2) is 71.6 Å². The zero-order valence-electron chi connectivity index (χ0n) is 18.3. The van der Waals surface area contributed by atoms with Crippen LogP contribution in [-0.2, 0) is 10.0 Å². The smallest absolute Gasteiger partial charge is 0.456 e. The lowest BCUT2D eigenvalue weighted by Crippen LogP contribution is -2.41. The summed E-state index contributed by atoms with van der Waals surface area (Å²) in [6.45, 7) is -1.81. The Kier molecular flexibility index (Phi) is 6.58. The highest BCUT2D eigenvalue weighted by molar-refractivity contribution is 7.89. The molecule has 3 aromatic carbocycles. The average Bonchev–Trinajstić information content (AvgIpc) is 3.23. The predicted octanol–water partition coefficient (Wildman–Crippen LogP) is 5.62. The Morgan fingerprint density at radius 1 is 0.944 bits per heavy atom. The Morgan fingerprint density at radius 2 is 1.64 bits per heavy atom. The van der Waals surface area contributed by atoms with Gasteiger partial charge < -0.3 is 9.72 Å². The number of primary sulfonamides is 1. The molecule has 0 aliphatic rings. The molecule has 36 heavy (non-hydrogen) atoms. The van der Waals surface area contributed by atoms with Crippen LogP contribution in [0.3, 0.4) is 0 Å². The lowest BCUT2D eigenvalue weighted by atomic mass is 10.1. The van der Waals surface area contributed by atoms with Crippen molar-refractivity contribution in [2.45, 2.75) is 17.0 Å². The maximum Gasteiger partial charge on any atom is 0.456 e. The molecule has 0 aliphatic carbocycles. The maximum absolute atomic E-state index is 13.0. The van der Waals surface area contributed by atoms with Crippen molar-refractivity contribution in [3.8, 4) is 16.9 Å². The molecule has 0 bridgehead atoms. The number of imidazole rings is 1. The normalized spacial score (nSPS) is 12.9. The van der Waals surface area contributed by atoms with Crippen LogP contribution < -0.4 is 9.88 Å². The van der Waals surface area contributed by atoms with Crippen molar-refractivity contribution in [2.24, 2.45) is 5.14 Å². The van der Waals surface area contributed by atoms with Gasteiger partial charge in [-0.15, -0.1) is 0 Å². The average molecular weight is 523 g/mol. The number of nitrogens with one attached hydrogen (secondary N) is 1. The molecule has 0 fully saturated rings. The van der Waals surface area contributed by atoms with Gasteiger partial charge in [0.15, 0.2) is 6.61 Å². The summed E-state index contributed by atoms with van der Waals surface area (Å²) in [5, 5.41) is 5.32. The van der Waals surface area contributed by atoms with Gasteiger partial charge in [0.2, 0.25) is 10.0 Å². The van der Waals surface area contributed by atoms with Gasteiger partial charge in [0, 0.05) is 5.56 Å². The summed E-state index contributed by atoms with van der Waals surface area (Å²) in [5.74, 6) is -4.60. The van der Waals surface area contributed by atoms with E-state index in [1.165, 1.54) is 30.3 Å². The van der Waals surface area contributed by atoms with Crippen LogP contribution in [0.25, 0.3) is 34.3 Å². The second-order valence-corrected chi connectivity index (χ2v) is 9.32. The second kappa shape index (κ2) is 9.36. The topological polar surface area (TPSA) is 98.1 Å². The number of nitrogens with zero attached hydrogens (tertiary/aromatic N) is 1. The third kappa shape index (κ3) is 5.55. The third-order valence-corrected chi connectivity index (χ3v) is 6.12. The highest BCUT2D eigenvalue weighted by Crippen LogP contribution is 2.36. The SMILES string of the molecule is NS(=O)(=O)c1ccccc1-c1ccc2[nH]c(C=Cc3ccc(OCC(F)(F)C(F)(F)F)cc3)nc2c1. The van der Waals surface area contributed by atoms with Gasteiger partial charge in [-0.05, 0) is 47.5 Å². The summed E-state index contributed by atoms with van der Waals surface area (Å²) in [6, 6.07) is 17.1. The Bertz CT molecular complexity index is 1530. The van der Waals surface area contributed by atoms with E-state index < -0.39 is 28.7 Å².